The predicted octanol–water partition coefficient (Wildman–Crippen LogP) is 1.22. The Balaban J connectivity index is 2.36. The van der Waals surface area contributed by atoms with Gasteiger partial charge in [0.1, 0.15) is 6.10 Å². The van der Waals surface area contributed by atoms with Crippen molar-refractivity contribution in [3.8, 4) is 0 Å². The van der Waals surface area contributed by atoms with Crippen molar-refractivity contribution in [3.63, 3.8) is 0 Å². The lowest BCUT2D eigenvalue weighted by Crippen LogP contribution is -2.42. The molecule has 4 nitrogen and oxygen atoms in total. The van der Waals surface area contributed by atoms with Crippen LogP contribution in [0.5, 0.6) is 0 Å². The van der Waals surface area contributed by atoms with Crippen LogP contribution in [0, 0.1) is 0 Å². The molecule has 1 aliphatic carbocycles. The summed E-state index contributed by atoms with van der Waals surface area (Å²) in [5.74, 6) is -0.806. The van der Waals surface area contributed by atoms with Crippen LogP contribution in [0.25, 0.3) is 0 Å². The second kappa shape index (κ2) is 4.47. The van der Waals surface area contributed by atoms with Crippen LogP contribution in [-0.2, 0) is 10.2 Å². The number of benzene rings is 1. The van der Waals surface area contributed by atoms with Crippen molar-refractivity contribution >= 4 is 5.97 Å². The van der Waals surface area contributed by atoms with Gasteiger partial charge in [0.2, 0.25) is 0 Å². The van der Waals surface area contributed by atoms with E-state index in [1.54, 1.807) is 24.3 Å². The zero-order chi connectivity index (χ0) is 12.5. The lowest BCUT2D eigenvalue weighted by Gasteiger charge is -2.38. The molecule has 1 atom stereocenters. The van der Waals surface area contributed by atoms with Crippen LogP contribution >= 0.6 is 0 Å². The Hall–Kier alpha value is -1.39. The maximum atomic E-state index is 11.3. The van der Waals surface area contributed by atoms with Gasteiger partial charge >= 0.3 is 5.97 Å². The van der Waals surface area contributed by atoms with Gasteiger partial charge in [-0.2, -0.15) is 0 Å². The Kier molecular flexibility index (Phi) is 3.17. The minimum absolute atomic E-state index is 0.358. The molecule has 1 aromatic carbocycles. The first-order valence-corrected chi connectivity index (χ1v) is 5.73. The van der Waals surface area contributed by atoms with E-state index in [0.29, 0.717) is 18.4 Å². The summed E-state index contributed by atoms with van der Waals surface area (Å²) in [6, 6.07) is 6.89. The van der Waals surface area contributed by atoms with Gasteiger partial charge in [-0.05, 0) is 24.0 Å². The second-order valence-electron chi connectivity index (χ2n) is 4.56. The van der Waals surface area contributed by atoms with Gasteiger partial charge in [0.25, 0.3) is 0 Å². The minimum atomic E-state index is -0.944. The normalized spacial score (nSPS) is 19.4. The first kappa shape index (κ1) is 12.1. The monoisotopic (exact) mass is 236 g/mol. The van der Waals surface area contributed by atoms with E-state index in [9.17, 15) is 15.0 Å². The van der Waals surface area contributed by atoms with Crippen LogP contribution in [0.15, 0.2) is 24.3 Å². The third-order valence-electron chi connectivity index (χ3n) is 3.61. The minimum Gasteiger partial charge on any atom is -0.481 e. The van der Waals surface area contributed by atoms with E-state index in [4.69, 9.17) is 5.11 Å². The molecular weight excluding hydrogens is 220 g/mol. The van der Waals surface area contributed by atoms with Gasteiger partial charge in [-0.25, -0.2) is 0 Å². The fourth-order valence-corrected chi connectivity index (χ4v) is 2.31. The van der Waals surface area contributed by atoms with Crippen molar-refractivity contribution in [3.05, 3.63) is 35.4 Å². The molecule has 4 heteroatoms. The average Bonchev–Trinajstić information content (AvgIpc) is 2.26. The van der Waals surface area contributed by atoms with Crippen LogP contribution in [-0.4, -0.2) is 27.9 Å². The fourth-order valence-electron chi connectivity index (χ4n) is 2.31. The molecule has 0 bridgehead atoms. The SMILES string of the molecule is O=C(O)C1(c2cccc(C(O)CO)c2)CCC1. The zero-order valence-electron chi connectivity index (χ0n) is 9.47. The second-order valence-corrected chi connectivity index (χ2v) is 4.56. The van der Waals surface area contributed by atoms with Gasteiger partial charge < -0.3 is 15.3 Å². The summed E-state index contributed by atoms with van der Waals surface area (Å²) in [7, 11) is 0. The zero-order valence-corrected chi connectivity index (χ0v) is 9.47. The quantitative estimate of drug-likeness (QED) is 0.734. The summed E-state index contributed by atoms with van der Waals surface area (Å²) in [6.07, 6.45) is 1.25. The maximum absolute atomic E-state index is 11.3. The number of rotatable bonds is 4. The smallest absolute Gasteiger partial charge is 0.314 e. The van der Waals surface area contributed by atoms with Gasteiger partial charge in [-0.1, -0.05) is 30.7 Å². The average molecular weight is 236 g/mol. The van der Waals surface area contributed by atoms with E-state index in [2.05, 4.69) is 0 Å². The Morgan fingerprint density at radius 2 is 2.12 bits per heavy atom. The van der Waals surface area contributed by atoms with Crippen molar-refractivity contribution in [1.82, 2.24) is 0 Å². The molecule has 1 fully saturated rings. The van der Waals surface area contributed by atoms with E-state index in [0.717, 1.165) is 12.0 Å². The van der Waals surface area contributed by atoms with E-state index >= 15 is 0 Å². The number of hydrogen-bond acceptors (Lipinski definition) is 3. The molecule has 92 valence electrons. The summed E-state index contributed by atoms with van der Waals surface area (Å²) >= 11 is 0. The molecule has 0 saturated heterocycles. The first-order valence-electron chi connectivity index (χ1n) is 5.73. The van der Waals surface area contributed by atoms with Crippen LogP contribution in [0.1, 0.15) is 36.5 Å². The molecule has 17 heavy (non-hydrogen) atoms. The lowest BCUT2D eigenvalue weighted by molar-refractivity contribution is -0.147. The molecular formula is C13H16O4. The van der Waals surface area contributed by atoms with E-state index < -0.39 is 17.5 Å². The van der Waals surface area contributed by atoms with Gasteiger partial charge in [0.05, 0.1) is 12.0 Å². The molecule has 1 unspecified atom stereocenters. The molecule has 2 rings (SSSR count). The molecule has 1 aromatic rings. The Morgan fingerprint density at radius 1 is 1.41 bits per heavy atom. The Labute approximate surface area is 99.5 Å². The number of aliphatic carboxylic acids is 1. The number of aliphatic hydroxyl groups is 2. The highest BCUT2D eigenvalue weighted by Crippen LogP contribution is 2.44. The van der Waals surface area contributed by atoms with E-state index in [1.807, 2.05) is 0 Å². The van der Waals surface area contributed by atoms with Gasteiger partial charge in [-0.15, -0.1) is 0 Å². The molecule has 0 heterocycles. The first-order chi connectivity index (χ1) is 8.10. The molecule has 0 aliphatic heterocycles. The summed E-state index contributed by atoms with van der Waals surface area (Å²) in [5, 5.41) is 27.8. The van der Waals surface area contributed by atoms with Crippen molar-refractivity contribution in [2.75, 3.05) is 6.61 Å². The van der Waals surface area contributed by atoms with Crippen molar-refractivity contribution in [2.45, 2.75) is 30.8 Å². The number of hydrogen-bond donors (Lipinski definition) is 3. The predicted molar refractivity (Wildman–Crippen MR) is 61.7 cm³/mol. The van der Waals surface area contributed by atoms with Crippen molar-refractivity contribution in [1.29, 1.82) is 0 Å². The van der Waals surface area contributed by atoms with Crippen LogP contribution < -0.4 is 0 Å². The molecule has 0 spiro atoms. The highest BCUT2D eigenvalue weighted by atomic mass is 16.4. The standard InChI is InChI=1S/C13H16O4/c14-8-11(15)9-3-1-4-10(7-9)13(12(16)17)5-2-6-13/h1,3-4,7,11,14-15H,2,5-6,8H2,(H,16,17). The topological polar surface area (TPSA) is 77.8 Å². The van der Waals surface area contributed by atoms with E-state index in [-0.39, 0.29) is 6.61 Å². The summed E-state index contributed by atoms with van der Waals surface area (Å²) in [5.41, 5.74) is 0.504. The number of carboxylic acid groups (broad SMARTS) is 1. The summed E-state index contributed by atoms with van der Waals surface area (Å²) < 4.78 is 0. The van der Waals surface area contributed by atoms with Gasteiger partial charge in [-0.3, -0.25) is 4.79 Å². The molecule has 0 amide bonds. The third kappa shape index (κ3) is 1.94. The number of carbonyl (C=O) groups is 1. The molecule has 1 saturated carbocycles. The summed E-state index contributed by atoms with van der Waals surface area (Å²) in [4.78, 5) is 11.3. The van der Waals surface area contributed by atoms with Crippen LogP contribution in [0.3, 0.4) is 0 Å². The van der Waals surface area contributed by atoms with Gasteiger partial charge in [0.15, 0.2) is 0 Å². The molecule has 0 radical (unpaired) electrons. The Morgan fingerprint density at radius 3 is 2.59 bits per heavy atom. The Bertz CT molecular complexity index is 423. The number of carboxylic acids is 1. The van der Waals surface area contributed by atoms with Crippen molar-refractivity contribution in [2.24, 2.45) is 0 Å². The maximum Gasteiger partial charge on any atom is 0.314 e. The highest BCUT2D eigenvalue weighted by Gasteiger charge is 2.45. The van der Waals surface area contributed by atoms with E-state index in [1.165, 1.54) is 0 Å². The molecule has 1 aliphatic rings. The fraction of sp³-hybridized carbons (Fsp3) is 0.462. The van der Waals surface area contributed by atoms with Crippen molar-refractivity contribution < 1.29 is 20.1 Å². The van der Waals surface area contributed by atoms with Gasteiger partial charge in [0, 0.05) is 0 Å². The lowest BCUT2D eigenvalue weighted by atomic mass is 9.64. The summed E-state index contributed by atoms with van der Waals surface area (Å²) in [6.45, 7) is -0.358. The molecule has 3 N–H and O–H groups in total. The largest absolute Gasteiger partial charge is 0.481 e. The molecule has 0 aromatic heterocycles. The third-order valence-corrected chi connectivity index (χ3v) is 3.61. The van der Waals surface area contributed by atoms with Crippen LogP contribution in [0.2, 0.25) is 0 Å². The highest BCUT2D eigenvalue weighted by molar-refractivity contribution is 5.82. The van der Waals surface area contributed by atoms with Crippen LogP contribution in [0.4, 0.5) is 0 Å². The number of aliphatic hydroxyl groups excluding tert-OH is 2.